The van der Waals surface area contributed by atoms with Crippen LogP contribution in [0.25, 0.3) is 0 Å². The van der Waals surface area contributed by atoms with Crippen molar-refractivity contribution in [1.82, 2.24) is 10.6 Å². The average Bonchev–Trinajstić information content (AvgIpc) is 2.96. The minimum Gasteiger partial charge on any atom is -0.352 e. The maximum absolute atomic E-state index is 12.1. The molecule has 0 saturated heterocycles. The van der Waals surface area contributed by atoms with E-state index in [2.05, 4.69) is 55.9 Å². The predicted molar refractivity (Wildman–Crippen MR) is 105 cm³/mol. The Kier molecular flexibility index (Phi) is 6.81. The lowest BCUT2D eigenvalue weighted by Crippen LogP contribution is -2.41. The van der Waals surface area contributed by atoms with Gasteiger partial charge in [-0.25, -0.2) is 0 Å². The molecular formula is C17H21BrN4OS. The molecule has 5 nitrogen and oxygen atoms in total. The summed E-state index contributed by atoms with van der Waals surface area (Å²) in [5, 5.41) is 9.12. The number of nitrogens with zero attached hydrogens (tertiary/aromatic N) is 1. The summed E-state index contributed by atoms with van der Waals surface area (Å²) >= 11 is 5.15. The highest BCUT2D eigenvalue weighted by Gasteiger charge is 2.07. The number of anilines is 1. The van der Waals surface area contributed by atoms with Crippen LogP contribution in [0.1, 0.15) is 15.3 Å². The second-order valence-corrected chi connectivity index (χ2v) is 7.59. The average molecular weight is 409 g/mol. The highest BCUT2D eigenvalue weighted by molar-refractivity contribution is 9.10. The third-order valence-corrected chi connectivity index (χ3v) is 4.83. The van der Waals surface area contributed by atoms with Crippen molar-refractivity contribution in [2.75, 3.05) is 18.9 Å². The quantitative estimate of drug-likeness (QED) is 0.524. The highest BCUT2D eigenvalue weighted by Crippen LogP contribution is 2.20. The molecule has 2 aromatic rings. The van der Waals surface area contributed by atoms with Crippen molar-refractivity contribution in [2.45, 2.75) is 20.4 Å². The van der Waals surface area contributed by atoms with Crippen molar-refractivity contribution in [1.29, 1.82) is 0 Å². The Hall–Kier alpha value is -1.86. The van der Waals surface area contributed by atoms with Gasteiger partial charge in [-0.1, -0.05) is 22.0 Å². The number of hydrogen-bond acceptors (Lipinski definition) is 3. The van der Waals surface area contributed by atoms with Crippen LogP contribution in [-0.4, -0.2) is 25.5 Å². The third kappa shape index (κ3) is 5.65. The number of aliphatic imine (C=N–C) groups is 1. The normalized spacial score (nSPS) is 11.2. The first-order valence-corrected chi connectivity index (χ1v) is 9.14. The number of guanidine groups is 1. The Morgan fingerprint density at radius 1 is 1.21 bits per heavy atom. The van der Waals surface area contributed by atoms with Crippen LogP contribution in [0.5, 0.6) is 0 Å². The minimum absolute atomic E-state index is 0.119. The van der Waals surface area contributed by atoms with Crippen LogP contribution in [-0.2, 0) is 11.3 Å². The molecule has 1 aromatic heterocycles. The van der Waals surface area contributed by atoms with Crippen molar-refractivity contribution in [3.05, 3.63) is 50.1 Å². The van der Waals surface area contributed by atoms with E-state index in [1.165, 1.54) is 9.75 Å². The Labute approximate surface area is 154 Å². The second kappa shape index (κ2) is 8.84. The largest absolute Gasteiger partial charge is 0.352 e. The van der Waals surface area contributed by atoms with Crippen molar-refractivity contribution in [3.63, 3.8) is 0 Å². The van der Waals surface area contributed by atoms with Crippen LogP contribution in [0.15, 0.2) is 39.8 Å². The molecule has 0 aliphatic carbocycles. The number of nitrogens with one attached hydrogen (secondary N) is 3. The van der Waals surface area contributed by atoms with Gasteiger partial charge >= 0.3 is 0 Å². The molecular weight excluding hydrogens is 388 g/mol. The fourth-order valence-corrected chi connectivity index (χ4v) is 3.25. The maximum Gasteiger partial charge on any atom is 0.243 e. The summed E-state index contributed by atoms with van der Waals surface area (Å²) in [6.07, 6.45) is 0. The molecule has 128 valence electrons. The van der Waals surface area contributed by atoms with Crippen LogP contribution in [0.3, 0.4) is 0 Å². The first-order valence-electron chi connectivity index (χ1n) is 7.54. The Morgan fingerprint density at radius 2 is 2.00 bits per heavy atom. The minimum atomic E-state index is -0.119. The number of benzene rings is 1. The molecule has 0 unspecified atom stereocenters. The molecule has 0 radical (unpaired) electrons. The molecule has 2 rings (SSSR count). The lowest BCUT2D eigenvalue weighted by atomic mass is 10.2. The van der Waals surface area contributed by atoms with Crippen LogP contribution < -0.4 is 16.0 Å². The van der Waals surface area contributed by atoms with E-state index >= 15 is 0 Å². The fraction of sp³-hybridized carbons (Fsp3) is 0.294. The number of amides is 1. The molecule has 7 heteroatoms. The van der Waals surface area contributed by atoms with E-state index < -0.39 is 0 Å². The number of carbonyl (C=O) groups excluding carboxylic acids is 1. The molecule has 0 spiro atoms. The monoisotopic (exact) mass is 408 g/mol. The summed E-state index contributed by atoms with van der Waals surface area (Å²) in [4.78, 5) is 18.7. The topological polar surface area (TPSA) is 65.5 Å². The van der Waals surface area contributed by atoms with E-state index in [1.807, 2.05) is 25.1 Å². The molecule has 0 aliphatic rings. The summed E-state index contributed by atoms with van der Waals surface area (Å²) < 4.78 is 0.931. The van der Waals surface area contributed by atoms with Gasteiger partial charge in [0.25, 0.3) is 0 Å². The SMILES string of the molecule is CN=C(NCC(=O)Nc1cc(Br)ccc1C)NCc1ccc(C)s1. The molecule has 24 heavy (non-hydrogen) atoms. The van der Waals surface area contributed by atoms with E-state index in [-0.39, 0.29) is 12.5 Å². The van der Waals surface area contributed by atoms with Crippen LogP contribution in [0.4, 0.5) is 5.69 Å². The van der Waals surface area contributed by atoms with Gasteiger partial charge in [-0.3, -0.25) is 9.79 Å². The van der Waals surface area contributed by atoms with Crippen LogP contribution >= 0.6 is 27.3 Å². The summed E-state index contributed by atoms with van der Waals surface area (Å²) in [6.45, 7) is 4.87. The van der Waals surface area contributed by atoms with Gasteiger partial charge < -0.3 is 16.0 Å². The lowest BCUT2D eigenvalue weighted by molar-refractivity contribution is -0.115. The first-order chi connectivity index (χ1) is 11.5. The summed E-state index contributed by atoms with van der Waals surface area (Å²) in [7, 11) is 1.69. The molecule has 0 fully saturated rings. The highest BCUT2D eigenvalue weighted by atomic mass is 79.9. The standard InChI is InChI=1S/C17H21BrN4OS/c1-11-4-6-13(18)8-15(11)22-16(23)10-21-17(19-3)20-9-14-7-5-12(2)24-14/h4-8H,9-10H2,1-3H3,(H,22,23)(H2,19,20,21). The van der Waals surface area contributed by atoms with E-state index in [0.29, 0.717) is 12.5 Å². The van der Waals surface area contributed by atoms with Gasteiger partial charge in [-0.15, -0.1) is 11.3 Å². The molecule has 1 amide bonds. The molecule has 1 heterocycles. The Morgan fingerprint density at radius 3 is 2.67 bits per heavy atom. The zero-order valence-electron chi connectivity index (χ0n) is 13.9. The van der Waals surface area contributed by atoms with Crippen LogP contribution in [0, 0.1) is 13.8 Å². The van der Waals surface area contributed by atoms with Crippen molar-refractivity contribution < 1.29 is 4.79 Å². The number of thiophene rings is 1. The zero-order valence-corrected chi connectivity index (χ0v) is 16.3. The third-order valence-electron chi connectivity index (χ3n) is 3.34. The smallest absolute Gasteiger partial charge is 0.243 e. The number of rotatable bonds is 5. The van der Waals surface area contributed by atoms with E-state index in [4.69, 9.17) is 0 Å². The van der Waals surface area contributed by atoms with Gasteiger partial charge in [0.15, 0.2) is 5.96 Å². The molecule has 0 bridgehead atoms. The van der Waals surface area contributed by atoms with Crippen molar-refractivity contribution in [2.24, 2.45) is 4.99 Å². The van der Waals surface area contributed by atoms with Gasteiger partial charge in [0.05, 0.1) is 13.1 Å². The van der Waals surface area contributed by atoms with E-state index in [1.54, 1.807) is 18.4 Å². The zero-order chi connectivity index (χ0) is 17.5. The number of halogens is 1. The van der Waals surface area contributed by atoms with Gasteiger partial charge in [0.2, 0.25) is 5.91 Å². The molecule has 0 atom stereocenters. The number of hydrogen-bond donors (Lipinski definition) is 3. The predicted octanol–water partition coefficient (Wildman–Crippen LogP) is 3.43. The summed E-state index contributed by atoms with van der Waals surface area (Å²) in [5.41, 5.74) is 1.82. The Balaban J connectivity index is 1.82. The lowest BCUT2D eigenvalue weighted by Gasteiger charge is -2.12. The molecule has 0 aliphatic heterocycles. The van der Waals surface area contributed by atoms with E-state index in [0.717, 1.165) is 15.7 Å². The summed E-state index contributed by atoms with van der Waals surface area (Å²) in [6, 6.07) is 9.96. The first kappa shape index (κ1) is 18.5. The van der Waals surface area contributed by atoms with Crippen LogP contribution in [0.2, 0.25) is 0 Å². The van der Waals surface area contributed by atoms with Gasteiger partial charge in [-0.2, -0.15) is 0 Å². The molecule has 1 aromatic carbocycles. The second-order valence-electron chi connectivity index (χ2n) is 5.30. The van der Waals surface area contributed by atoms with Crippen molar-refractivity contribution >= 4 is 44.8 Å². The van der Waals surface area contributed by atoms with Gasteiger partial charge in [-0.05, 0) is 43.7 Å². The number of carbonyl (C=O) groups is 1. The van der Waals surface area contributed by atoms with Gasteiger partial charge in [0, 0.05) is 27.0 Å². The van der Waals surface area contributed by atoms with Crippen molar-refractivity contribution in [3.8, 4) is 0 Å². The van der Waals surface area contributed by atoms with E-state index in [9.17, 15) is 4.79 Å². The van der Waals surface area contributed by atoms with Gasteiger partial charge in [0.1, 0.15) is 0 Å². The fourth-order valence-electron chi connectivity index (χ4n) is 2.06. The maximum atomic E-state index is 12.1. The summed E-state index contributed by atoms with van der Waals surface area (Å²) in [5.74, 6) is 0.480. The number of aryl methyl sites for hydroxylation is 2. The molecule has 0 saturated carbocycles. The molecule has 3 N–H and O–H groups in total. The Bertz CT molecular complexity index is 742.